The van der Waals surface area contributed by atoms with E-state index in [1.165, 1.54) is 0 Å². The molecule has 0 saturated carbocycles. The molecular weight excluding hydrogens is 291 g/mol. The molecule has 0 aliphatic rings. The van der Waals surface area contributed by atoms with Crippen LogP contribution in [0.15, 0.2) is 54.5 Å². The molecule has 2 N–H and O–H groups in total. The lowest BCUT2D eigenvalue weighted by molar-refractivity contribution is -0.628. The molecule has 22 heavy (non-hydrogen) atoms. The molecule has 0 amide bonds. The molecule has 0 aliphatic carbocycles. The number of hydrogen-bond donors (Lipinski definition) is 1. The van der Waals surface area contributed by atoms with Crippen molar-refractivity contribution in [3.8, 4) is 5.75 Å². The highest BCUT2D eigenvalue weighted by Crippen LogP contribution is 2.31. The van der Waals surface area contributed by atoms with E-state index in [1.54, 1.807) is 0 Å². The molecule has 0 heterocycles. The molecule has 0 spiro atoms. The zero-order valence-corrected chi connectivity index (χ0v) is 10.9. The third-order valence-electron chi connectivity index (χ3n) is 2.39. The minimum absolute atomic E-state index is 0.0469. The molecule has 2 aromatic rings. The lowest BCUT2D eigenvalue weighted by Crippen LogP contribution is -2.79. The van der Waals surface area contributed by atoms with Crippen LogP contribution in [0.5, 0.6) is 5.75 Å². The van der Waals surface area contributed by atoms with Gasteiger partial charge >= 0.3 is 6.18 Å². The fourth-order valence-electron chi connectivity index (χ4n) is 1.43. The summed E-state index contributed by atoms with van der Waals surface area (Å²) in [5, 5.41) is -0.0469. The smallest absolute Gasteiger partial charge is 0.416 e. The number of rotatable bonds is 6. The van der Waals surface area contributed by atoms with E-state index in [4.69, 9.17) is 22.6 Å². The van der Waals surface area contributed by atoms with Crippen molar-refractivity contribution < 1.29 is 41.0 Å². The second-order valence-corrected chi connectivity index (χ2v) is 3.87. The van der Waals surface area contributed by atoms with Gasteiger partial charge in [-0.15, -0.1) is 0 Å². The van der Waals surface area contributed by atoms with Crippen LogP contribution in [0.25, 0.3) is 0 Å². The van der Waals surface area contributed by atoms with Crippen LogP contribution in [-0.2, 0) is 6.18 Å². The molecule has 0 saturated heterocycles. The van der Waals surface area contributed by atoms with Crippen molar-refractivity contribution in [3.05, 3.63) is 65.6 Å². The van der Waals surface area contributed by atoms with Crippen molar-refractivity contribution in [1.82, 2.24) is 0 Å². The van der Waals surface area contributed by atoms with Gasteiger partial charge in [0.25, 0.3) is 0 Å². The average molecular weight is 323 g/mol. The summed E-state index contributed by atoms with van der Waals surface area (Å²) >= 11 is 0. The Labute approximate surface area is 146 Å². The molecule has 118 valence electrons. The first-order valence-corrected chi connectivity index (χ1v) is 5.87. The first-order chi connectivity index (χ1) is 15.6. The van der Waals surface area contributed by atoms with E-state index < -0.39 is 79.2 Å². The minimum atomic E-state index is -4.76. The monoisotopic (exact) mass is 323 g/mol. The van der Waals surface area contributed by atoms with Crippen molar-refractivity contribution in [3.63, 3.8) is 0 Å². The van der Waals surface area contributed by atoms with Crippen LogP contribution < -0.4 is 10.1 Å². The molecule has 0 radical (unpaired) electrons. The van der Waals surface area contributed by atoms with Crippen molar-refractivity contribution in [2.75, 3.05) is 13.5 Å². The molecule has 1 unspecified atom stereocenters. The average Bonchev–Trinajstić information content (AvgIpc) is 2.68. The molecule has 0 aliphatic heterocycles. The Morgan fingerprint density at radius 3 is 2.55 bits per heavy atom. The number of nitrogens with two attached hydrogens (primary N) is 1. The van der Waals surface area contributed by atoms with Gasteiger partial charge in [-0.25, -0.2) is 0 Å². The van der Waals surface area contributed by atoms with E-state index in [0.717, 1.165) is 0 Å². The third kappa shape index (κ3) is 4.49. The van der Waals surface area contributed by atoms with E-state index in [2.05, 4.69) is 0 Å². The van der Waals surface area contributed by atoms with Gasteiger partial charge in [-0.05, 0) is 29.8 Å². The fraction of sp³-hybridized carbons (Fsp3) is 0.294. The Balaban J connectivity index is 2.84. The SMILES string of the molecule is [2H]c1c([2H])c([2H])c(C([2H])(Oc2ccc(C(F)(F)F)cc2)C([2H])([2H])C([2H])([2H])[NH2+]C([2H])([2H])[2H])c([2H])c1[2H]. The van der Waals surface area contributed by atoms with E-state index >= 15 is 0 Å². The zero-order valence-electron chi connectivity index (χ0n) is 23.9. The molecule has 2 aromatic carbocycles. The first kappa shape index (κ1) is 6.24. The number of alkyl halides is 3. The topological polar surface area (TPSA) is 25.8 Å². The van der Waals surface area contributed by atoms with Gasteiger partial charge < -0.3 is 10.1 Å². The number of quaternary nitrogens is 1. The number of hydrogen-bond acceptors (Lipinski definition) is 1. The zero-order chi connectivity index (χ0) is 27.4. The third-order valence-corrected chi connectivity index (χ3v) is 2.39. The van der Waals surface area contributed by atoms with Crippen LogP contribution in [0.4, 0.5) is 13.2 Å². The van der Waals surface area contributed by atoms with Gasteiger partial charge in [0.2, 0.25) is 0 Å². The highest BCUT2D eigenvalue weighted by Gasteiger charge is 2.30. The van der Waals surface area contributed by atoms with Crippen molar-refractivity contribution in [2.45, 2.75) is 18.6 Å². The van der Waals surface area contributed by atoms with Crippen molar-refractivity contribution >= 4 is 0 Å². The maximum Gasteiger partial charge on any atom is 0.416 e. The predicted molar refractivity (Wildman–Crippen MR) is 78.6 cm³/mol. The summed E-state index contributed by atoms with van der Waals surface area (Å²) in [4.78, 5) is 0. The Hall–Kier alpha value is -2.01. The molecule has 0 aromatic heterocycles. The lowest BCUT2D eigenvalue weighted by atomic mass is 10.1. The number of ether oxygens (including phenoxy) is 1. The summed E-state index contributed by atoms with van der Waals surface area (Å²) in [5.74, 6) is -0.645. The van der Waals surface area contributed by atoms with Crippen LogP contribution in [0.3, 0.4) is 0 Å². The van der Waals surface area contributed by atoms with Gasteiger partial charge in [-0.2, -0.15) is 13.2 Å². The van der Waals surface area contributed by atoms with Gasteiger partial charge in [-0.1, -0.05) is 30.2 Å². The predicted octanol–water partition coefficient (Wildman–Crippen LogP) is 3.41. The lowest BCUT2D eigenvalue weighted by Gasteiger charge is -2.19. The highest BCUT2D eigenvalue weighted by atomic mass is 19.4. The van der Waals surface area contributed by atoms with Gasteiger partial charge in [0.05, 0.1) is 34.1 Å². The van der Waals surface area contributed by atoms with Crippen LogP contribution in [0.1, 0.15) is 41.4 Å². The molecule has 5 heteroatoms. The first-order valence-electron chi connectivity index (χ1n) is 12.4. The Morgan fingerprint density at radius 2 is 1.95 bits per heavy atom. The summed E-state index contributed by atoms with van der Waals surface area (Å²) in [6, 6.07) is -2.90. The van der Waals surface area contributed by atoms with Gasteiger partial charge in [0.1, 0.15) is 11.8 Å². The summed E-state index contributed by atoms with van der Waals surface area (Å²) in [7, 11) is 0. The molecule has 2 rings (SSSR count). The summed E-state index contributed by atoms with van der Waals surface area (Å²) < 4.78 is 147. The van der Waals surface area contributed by atoms with E-state index in [-0.39, 0.29) is 5.32 Å². The van der Waals surface area contributed by atoms with E-state index in [9.17, 15) is 13.2 Å². The number of halogens is 3. The Kier molecular flexibility index (Phi) is 2.07. The second-order valence-electron chi connectivity index (χ2n) is 3.87. The Morgan fingerprint density at radius 1 is 1.27 bits per heavy atom. The van der Waals surface area contributed by atoms with Crippen LogP contribution in [-0.4, -0.2) is 13.5 Å². The van der Waals surface area contributed by atoms with Crippen LogP contribution >= 0.6 is 0 Å². The van der Waals surface area contributed by atoms with Crippen molar-refractivity contribution in [1.29, 1.82) is 0 Å². The second kappa shape index (κ2) is 7.31. The van der Waals surface area contributed by atoms with Gasteiger partial charge in [-0.3, -0.25) is 0 Å². The van der Waals surface area contributed by atoms with Gasteiger partial charge in [0, 0.05) is 9.11 Å². The Bertz CT molecular complexity index is 1070. The molecule has 0 bridgehead atoms. The maximum atomic E-state index is 12.9. The number of benzene rings is 2. The van der Waals surface area contributed by atoms with Gasteiger partial charge in [0.15, 0.2) is 0 Å². The summed E-state index contributed by atoms with van der Waals surface area (Å²) in [6.45, 7) is -6.71. The van der Waals surface area contributed by atoms with Crippen molar-refractivity contribution in [2.24, 2.45) is 0 Å². The largest absolute Gasteiger partial charge is 0.486 e. The van der Waals surface area contributed by atoms with Crippen LogP contribution in [0, 0.1) is 0 Å². The minimum Gasteiger partial charge on any atom is -0.486 e. The molecular formula is C17H19F3NO+. The quantitative estimate of drug-likeness (QED) is 0.866. The fourth-order valence-corrected chi connectivity index (χ4v) is 1.43. The van der Waals surface area contributed by atoms with Crippen LogP contribution in [0.2, 0.25) is 0 Å². The maximum absolute atomic E-state index is 12.9. The highest BCUT2D eigenvalue weighted by molar-refractivity contribution is 5.30. The molecule has 0 fully saturated rings. The standard InChI is InChI=1S/C17H18F3NO/c1-21-12-11-16(13-5-3-2-4-6-13)22-15-9-7-14(8-10-15)17(18,19)20/h2-10,16,21H,11-12H2,1H3/p+1/i1D3,2D,3D,4D,5D,6D,11D2,12D2,16D. The van der Waals surface area contributed by atoms with E-state index in [0.29, 0.717) is 24.3 Å². The molecule has 1 atom stereocenters. The normalized spacial score (nSPS) is 24.8. The summed E-state index contributed by atoms with van der Waals surface area (Å²) in [6.07, 6.45) is -12.1. The van der Waals surface area contributed by atoms with E-state index in [1.807, 2.05) is 0 Å². The molecule has 2 nitrogen and oxygen atoms in total. The summed E-state index contributed by atoms with van der Waals surface area (Å²) in [5.41, 5.74) is -2.33.